The summed E-state index contributed by atoms with van der Waals surface area (Å²) in [5.41, 5.74) is 17.4. The second-order valence-electron chi connectivity index (χ2n) is 9.03. The van der Waals surface area contributed by atoms with E-state index >= 15 is 0 Å². The number of amides is 2. The minimum absolute atomic E-state index is 0.0123. The minimum atomic E-state index is -1.54. The van der Waals surface area contributed by atoms with E-state index in [2.05, 4.69) is 20.4 Å². The Morgan fingerprint density at radius 1 is 1.36 bits per heavy atom. The topological polar surface area (TPSA) is 256 Å². The van der Waals surface area contributed by atoms with Crippen LogP contribution in [0.1, 0.15) is 26.0 Å². The maximum absolute atomic E-state index is 13.1. The molecule has 0 aliphatic carbocycles. The first-order chi connectivity index (χ1) is 19.9. The number of thiazole rings is 1. The molecule has 2 aromatic rings. The zero-order valence-electron chi connectivity index (χ0n) is 22.3. The number of aliphatic carboxylic acids is 2. The van der Waals surface area contributed by atoms with E-state index in [9.17, 15) is 24.3 Å². The average Bonchev–Trinajstić information content (AvgIpc) is 3.36. The third kappa shape index (κ3) is 6.36. The average molecular weight is 638 g/mol. The number of fused-ring (bicyclic) bond motifs is 1. The summed E-state index contributed by atoms with van der Waals surface area (Å²) >= 11 is 3.50. The Morgan fingerprint density at radius 3 is 2.71 bits per heavy atom. The van der Waals surface area contributed by atoms with Gasteiger partial charge in [0, 0.05) is 16.9 Å². The lowest BCUT2D eigenvalue weighted by Crippen LogP contribution is -2.71. The van der Waals surface area contributed by atoms with Gasteiger partial charge in [0.2, 0.25) is 17.7 Å². The Kier molecular flexibility index (Phi) is 9.42. The Labute approximate surface area is 251 Å². The first-order valence-electron chi connectivity index (χ1n) is 12.4. The first kappa shape index (κ1) is 30.8. The molecule has 4 rings (SSSR count). The summed E-state index contributed by atoms with van der Waals surface area (Å²) in [5.74, 6) is -3.37. The number of β-lactam (4-membered cyclic amide) rings is 1. The van der Waals surface area contributed by atoms with Crippen molar-refractivity contribution in [2.75, 3.05) is 28.7 Å². The number of carbonyl (C=O) groups excluding carboxylic acids is 3. The maximum Gasteiger partial charge on any atom is 0.347 e. The van der Waals surface area contributed by atoms with Crippen molar-refractivity contribution >= 4 is 81.1 Å². The molecular formula is C23H27N9O7S3. The van der Waals surface area contributed by atoms with Crippen molar-refractivity contribution in [3.8, 4) is 0 Å². The highest BCUT2D eigenvalue weighted by molar-refractivity contribution is 8.01. The molecule has 0 spiro atoms. The number of carboxylic acids is 2. The Bertz CT molecular complexity index is 1500. The molecule has 42 heavy (non-hydrogen) atoms. The number of carbonyl (C=O) groups is 4. The van der Waals surface area contributed by atoms with Crippen molar-refractivity contribution < 1.29 is 38.8 Å². The predicted octanol–water partition coefficient (Wildman–Crippen LogP) is -1.63. The SMILES string of the molecule is CCC[n+]1c(N)cc(N)nc1SCC1=C(C(=O)[O-])N2C(=O)C(NC(=O)/C(=N\O[C@H](C)C(=O)O)c3csc(N)n3)C2SC1. The summed E-state index contributed by atoms with van der Waals surface area (Å²) < 4.78 is 1.77. The van der Waals surface area contributed by atoms with Crippen LogP contribution in [0.3, 0.4) is 0 Å². The van der Waals surface area contributed by atoms with Gasteiger partial charge in [-0.25, -0.2) is 14.3 Å². The first-order valence-corrected chi connectivity index (χ1v) is 15.3. The number of oxime groups is 1. The van der Waals surface area contributed by atoms with Gasteiger partial charge >= 0.3 is 11.1 Å². The van der Waals surface area contributed by atoms with Crippen LogP contribution in [0.25, 0.3) is 0 Å². The van der Waals surface area contributed by atoms with E-state index in [-0.39, 0.29) is 33.8 Å². The molecule has 16 nitrogen and oxygen atoms in total. The lowest BCUT2D eigenvalue weighted by atomic mass is 10.0. The number of aromatic nitrogens is 3. The van der Waals surface area contributed by atoms with Crippen LogP contribution in [-0.2, 0) is 30.6 Å². The van der Waals surface area contributed by atoms with Gasteiger partial charge in [-0.3, -0.25) is 14.5 Å². The highest BCUT2D eigenvalue weighted by Gasteiger charge is 2.53. The van der Waals surface area contributed by atoms with Crippen molar-refractivity contribution in [3.63, 3.8) is 0 Å². The van der Waals surface area contributed by atoms with Crippen molar-refractivity contribution in [1.29, 1.82) is 0 Å². The van der Waals surface area contributed by atoms with Crippen molar-refractivity contribution in [3.05, 3.63) is 28.4 Å². The van der Waals surface area contributed by atoms with Crippen LogP contribution >= 0.6 is 34.9 Å². The van der Waals surface area contributed by atoms with Crippen LogP contribution in [-0.4, -0.2) is 78.5 Å². The Morgan fingerprint density at radius 2 is 2.10 bits per heavy atom. The van der Waals surface area contributed by atoms with Gasteiger partial charge in [0.15, 0.2) is 10.8 Å². The quantitative estimate of drug-likeness (QED) is 0.0437. The number of carboxylic acid groups (broad SMARTS) is 2. The zero-order chi connectivity index (χ0) is 30.7. The Hall–Kier alpha value is -4.10. The number of nitrogens with one attached hydrogen (secondary N) is 1. The number of nitrogens with two attached hydrogens (primary N) is 3. The van der Waals surface area contributed by atoms with E-state index in [0.29, 0.717) is 23.1 Å². The van der Waals surface area contributed by atoms with Gasteiger partial charge in [-0.1, -0.05) is 17.1 Å². The molecule has 19 heteroatoms. The van der Waals surface area contributed by atoms with Crippen LogP contribution in [0.5, 0.6) is 0 Å². The second-order valence-corrected chi connectivity index (χ2v) is 12.0. The zero-order valence-corrected chi connectivity index (χ0v) is 24.8. The molecule has 2 aliphatic rings. The van der Waals surface area contributed by atoms with E-state index in [1.54, 1.807) is 4.57 Å². The molecule has 1 saturated heterocycles. The standard InChI is InChI=1S/C23H27N9O7S3/c1-3-4-31-13(25)5-12(24)28-23(31)42-7-10-6-40-19-15(18(34)32(19)16(10)21(37)38)29-17(33)14(11-8-41-22(26)27-11)30-39-9(2)20(35)36/h5,8-9,15,19H,3-4,6-7H2,1-2H3,(H8,24,25,26,27,29,33,35,36,37,38)/b30-14-/t9-,15?,19?/m1/s1. The normalized spacial score (nSPS) is 19.1. The molecule has 2 aliphatic heterocycles. The van der Waals surface area contributed by atoms with Crippen LogP contribution < -0.4 is 32.2 Å². The van der Waals surface area contributed by atoms with Crippen LogP contribution in [0.15, 0.2) is 33.0 Å². The molecule has 2 amide bonds. The molecule has 0 bridgehead atoms. The highest BCUT2D eigenvalue weighted by atomic mass is 32.2. The summed E-state index contributed by atoms with van der Waals surface area (Å²) in [6.45, 7) is 3.77. The van der Waals surface area contributed by atoms with Crippen LogP contribution in [0, 0.1) is 0 Å². The number of rotatable bonds is 12. The second kappa shape index (κ2) is 12.8. The number of thioether (sulfide) groups is 2. The number of hydrogen-bond acceptors (Lipinski definition) is 15. The summed E-state index contributed by atoms with van der Waals surface area (Å²) in [7, 11) is 0. The number of nitrogen functional groups attached to an aromatic ring is 3. The lowest BCUT2D eigenvalue weighted by Gasteiger charge is -2.50. The fourth-order valence-electron chi connectivity index (χ4n) is 4.02. The number of nitrogens with zero attached hydrogens (tertiary/aromatic N) is 5. The van der Waals surface area contributed by atoms with Crippen molar-refractivity contribution in [1.82, 2.24) is 20.2 Å². The molecule has 1 fully saturated rings. The molecule has 0 aromatic carbocycles. The van der Waals surface area contributed by atoms with Gasteiger partial charge in [0.25, 0.3) is 11.8 Å². The van der Waals surface area contributed by atoms with Gasteiger partial charge in [0.1, 0.15) is 17.1 Å². The van der Waals surface area contributed by atoms with Gasteiger partial charge in [-0.2, -0.15) is 0 Å². The minimum Gasteiger partial charge on any atom is -0.543 e. The fraction of sp³-hybridized carbons (Fsp3) is 0.391. The molecular weight excluding hydrogens is 611 g/mol. The van der Waals surface area contributed by atoms with E-state index in [4.69, 9.17) is 27.1 Å². The van der Waals surface area contributed by atoms with E-state index in [1.165, 1.54) is 41.9 Å². The third-order valence-corrected chi connectivity index (χ3v) is 9.12. The van der Waals surface area contributed by atoms with Crippen LogP contribution in [0.4, 0.5) is 16.8 Å². The molecule has 4 heterocycles. The Balaban J connectivity index is 1.52. The molecule has 8 N–H and O–H groups in total. The summed E-state index contributed by atoms with van der Waals surface area (Å²) in [5, 5.41) is 28.7. The summed E-state index contributed by atoms with van der Waals surface area (Å²) in [6.07, 6.45) is -0.595. The molecule has 0 saturated carbocycles. The smallest absolute Gasteiger partial charge is 0.347 e. The van der Waals surface area contributed by atoms with Gasteiger partial charge in [-0.05, 0) is 30.7 Å². The van der Waals surface area contributed by atoms with Crippen LogP contribution in [0.2, 0.25) is 0 Å². The van der Waals surface area contributed by atoms with Gasteiger partial charge < -0.3 is 42.4 Å². The van der Waals surface area contributed by atoms with E-state index < -0.39 is 47.0 Å². The summed E-state index contributed by atoms with van der Waals surface area (Å²) in [6, 6.07) is 0.435. The molecule has 224 valence electrons. The van der Waals surface area contributed by atoms with Gasteiger partial charge in [-0.15, -0.1) is 23.1 Å². The van der Waals surface area contributed by atoms with Gasteiger partial charge in [0.05, 0.1) is 24.3 Å². The van der Waals surface area contributed by atoms with E-state index in [0.717, 1.165) is 22.7 Å². The largest absolute Gasteiger partial charge is 0.543 e. The lowest BCUT2D eigenvalue weighted by molar-refractivity contribution is -0.723. The van der Waals surface area contributed by atoms with E-state index in [1.807, 2.05) is 6.92 Å². The maximum atomic E-state index is 13.1. The highest BCUT2D eigenvalue weighted by Crippen LogP contribution is 2.41. The van der Waals surface area contributed by atoms with Crippen molar-refractivity contribution in [2.45, 2.75) is 49.5 Å². The molecule has 2 aromatic heterocycles. The predicted molar refractivity (Wildman–Crippen MR) is 153 cm³/mol. The third-order valence-electron chi connectivity index (χ3n) is 6.04. The monoisotopic (exact) mass is 637 g/mol. The molecule has 0 radical (unpaired) electrons. The molecule has 2 unspecified atom stereocenters. The number of hydrogen-bond donors (Lipinski definition) is 5. The fourth-order valence-corrected chi connectivity index (χ4v) is 7.11. The number of anilines is 3. The molecule has 3 atom stereocenters. The van der Waals surface area contributed by atoms with Crippen molar-refractivity contribution in [2.24, 2.45) is 5.16 Å². The summed E-state index contributed by atoms with van der Waals surface area (Å²) in [4.78, 5) is 63.9.